The van der Waals surface area contributed by atoms with Gasteiger partial charge in [-0.3, -0.25) is 0 Å². The molecule has 0 aliphatic carbocycles. The molecule has 0 N–H and O–H groups in total. The van der Waals surface area contributed by atoms with Crippen molar-refractivity contribution in [1.29, 1.82) is 0 Å². The zero-order chi connectivity index (χ0) is 37.0. The van der Waals surface area contributed by atoms with Gasteiger partial charge >= 0.3 is 0 Å². The topological polar surface area (TPSA) is 8.17 Å². The lowest BCUT2D eigenvalue weighted by atomic mass is 9.96. The Balaban J connectivity index is 1.11. The predicted molar refractivity (Wildman–Crippen MR) is 239 cm³/mol. The van der Waals surface area contributed by atoms with Gasteiger partial charge in [-0.25, -0.2) is 0 Å². The predicted octanol–water partition coefficient (Wildman–Crippen LogP) is 15.0. The lowest BCUT2D eigenvalue weighted by Gasteiger charge is -2.27. The van der Waals surface area contributed by atoms with E-state index in [1.165, 1.54) is 76.4 Å². The second kappa shape index (κ2) is 13.2. The van der Waals surface area contributed by atoms with Gasteiger partial charge in [0.1, 0.15) is 0 Å². The number of nitrogens with zero attached hydrogens (tertiary/aromatic N) is 2. The molecule has 10 aromatic carbocycles. The average Bonchev–Trinajstić information content (AvgIpc) is 3.62. The summed E-state index contributed by atoms with van der Waals surface area (Å²) in [6.07, 6.45) is 0. The summed E-state index contributed by atoms with van der Waals surface area (Å²) in [6, 6.07) is 79.5. The Morgan fingerprint density at radius 1 is 0.304 bits per heavy atom. The minimum atomic E-state index is 1.10. The molecule has 11 aromatic rings. The molecule has 0 amide bonds. The minimum Gasteiger partial charge on any atom is -0.310 e. The van der Waals surface area contributed by atoms with E-state index in [2.05, 4.69) is 228 Å². The van der Waals surface area contributed by atoms with Gasteiger partial charge in [-0.15, -0.1) is 0 Å². The van der Waals surface area contributed by atoms with Crippen LogP contribution in [0.25, 0.3) is 82.1 Å². The highest BCUT2D eigenvalue weighted by Crippen LogP contribution is 2.42. The van der Waals surface area contributed by atoms with Crippen molar-refractivity contribution in [1.82, 2.24) is 4.57 Å². The van der Waals surface area contributed by atoms with Crippen molar-refractivity contribution < 1.29 is 0 Å². The third-order valence-electron chi connectivity index (χ3n) is 11.3. The second-order valence-electron chi connectivity index (χ2n) is 14.6. The Morgan fingerprint density at radius 2 is 0.893 bits per heavy atom. The molecule has 0 bridgehead atoms. The van der Waals surface area contributed by atoms with Crippen LogP contribution in [0, 0.1) is 0 Å². The van der Waals surface area contributed by atoms with Crippen LogP contribution in [0.15, 0.2) is 218 Å². The maximum Gasteiger partial charge on any atom is 0.0547 e. The molecule has 0 atom stereocenters. The third-order valence-corrected chi connectivity index (χ3v) is 11.3. The molecule has 2 nitrogen and oxygen atoms in total. The van der Waals surface area contributed by atoms with E-state index in [0.717, 1.165) is 22.7 Å². The number of rotatable bonds is 6. The Hall–Kier alpha value is -7.42. The van der Waals surface area contributed by atoms with Gasteiger partial charge in [-0.1, -0.05) is 158 Å². The van der Waals surface area contributed by atoms with Crippen molar-refractivity contribution in [2.45, 2.75) is 0 Å². The molecule has 2 heteroatoms. The lowest BCUT2D eigenvalue weighted by molar-refractivity contribution is 1.19. The number of benzene rings is 10. The minimum absolute atomic E-state index is 1.10. The van der Waals surface area contributed by atoms with Crippen LogP contribution in [0.5, 0.6) is 0 Å². The molecular formula is C54H36N2. The van der Waals surface area contributed by atoms with Crippen LogP contribution in [0.2, 0.25) is 0 Å². The maximum absolute atomic E-state index is 2.43. The fraction of sp³-hybridized carbons (Fsp3) is 0. The fourth-order valence-corrected chi connectivity index (χ4v) is 8.68. The van der Waals surface area contributed by atoms with Crippen LogP contribution >= 0.6 is 0 Å². The summed E-state index contributed by atoms with van der Waals surface area (Å²) in [4.78, 5) is 2.41. The van der Waals surface area contributed by atoms with Crippen LogP contribution in [-0.4, -0.2) is 4.57 Å². The van der Waals surface area contributed by atoms with Crippen LogP contribution in [0.4, 0.5) is 17.1 Å². The smallest absolute Gasteiger partial charge is 0.0547 e. The molecular weight excluding hydrogens is 677 g/mol. The Bertz CT molecular complexity index is 3230. The van der Waals surface area contributed by atoms with E-state index in [4.69, 9.17) is 0 Å². The largest absolute Gasteiger partial charge is 0.310 e. The second-order valence-corrected chi connectivity index (χ2v) is 14.6. The third kappa shape index (κ3) is 5.34. The lowest BCUT2D eigenvalue weighted by Crippen LogP contribution is -2.10. The molecule has 0 radical (unpaired) electrons. The summed E-state index contributed by atoms with van der Waals surface area (Å²) in [5.41, 5.74) is 11.7. The summed E-state index contributed by atoms with van der Waals surface area (Å²) in [7, 11) is 0. The molecule has 0 saturated heterocycles. The van der Waals surface area contributed by atoms with Gasteiger partial charge in [0.25, 0.3) is 0 Å². The first-order valence-corrected chi connectivity index (χ1v) is 19.3. The van der Waals surface area contributed by atoms with Crippen LogP contribution < -0.4 is 4.90 Å². The molecule has 0 fully saturated rings. The number of anilines is 3. The summed E-state index contributed by atoms with van der Waals surface area (Å²) in [5, 5.41) is 9.93. The summed E-state index contributed by atoms with van der Waals surface area (Å²) in [6.45, 7) is 0. The first-order chi connectivity index (χ1) is 27.8. The number of fused-ring (bicyclic) bond motifs is 7. The molecule has 0 saturated carbocycles. The molecule has 1 heterocycles. The van der Waals surface area contributed by atoms with E-state index < -0.39 is 0 Å². The van der Waals surface area contributed by atoms with E-state index in [9.17, 15) is 0 Å². The number of hydrogen-bond donors (Lipinski definition) is 0. The van der Waals surface area contributed by atoms with Gasteiger partial charge in [0.15, 0.2) is 0 Å². The van der Waals surface area contributed by atoms with Gasteiger partial charge in [-0.05, 0) is 115 Å². The van der Waals surface area contributed by atoms with E-state index in [-0.39, 0.29) is 0 Å². The van der Waals surface area contributed by atoms with Crippen molar-refractivity contribution in [3.8, 4) is 27.9 Å². The van der Waals surface area contributed by atoms with Crippen molar-refractivity contribution >= 4 is 71.2 Å². The Morgan fingerprint density at radius 3 is 1.70 bits per heavy atom. The van der Waals surface area contributed by atoms with Crippen molar-refractivity contribution in [3.05, 3.63) is 218 Å². The molecule has 0 aliphatic heterocycles. The first kappa shape index (κ1) is 32.0. The van der Waals surface area contributed by atoms with Gasteiger partial charge in [-0.2, -0.15) is 0 Å². The van der Waals surface area contributed by atoms with Crippen molar-refractivity contribution in [2.24, 2.45) is 0 Å². The summed E-state index contributed by atoms with van der Waals surface area (Å²) < 4.78 is 2.43. The van der Waals surface area contributed by atoms with Crippen LogP contribution in [0.1, 0.15) is 0 Å². The highest BCUT2D eigenvalue weighted by atomic mass is 15.1. The van der Waals surface area contributed by atoms with Gasteiger partial charge in [0, 0.05) is 33.5 Å². The molecule has 1 aromatic heterocycles. The Labute approximate surface area is 325 Å². The van der Waals surface area contributed by atoms with Gasteiger partial charge in [0.05, 0.1) is 11.0 Å². The van der Waals surface area contributed by atoms with Crippen molar-refractivity contribution in [2.75, 3.05) is 4.90 Å². The van der Waals surface area contributed by atoms with E-state index in [0.29, 0.717) is 0 Å². The monoisotopic (exact) mass is 712 g/mol. The summed E-state index contributed by atoms with van der Waals surface area (Å²) >= 11 is 0. The Kier molecular flexibility index (Phi) is 7.53. The van der Waals surface area contributed by atoms with Gasteiger partial charge < -0.3 is 9.47 Å². The van der Waals surface area contributed by atoms with E-state index >= 15 is 0 Å². The number of para-hydroxylation sites is 1. The normalized spacial score (nSPS) is 11.6. The molecule has 11 rings (SSSR count). The number of aromatic nitrogens is 1. The highest BCUT2D eigenvalue weighted by Gasteiger charge is 2.18. The van der Waals surface area contributed by atoms with E-state index in [1.807, 2.05) is 0 Å². The quantitative estimate of drug-likeness (QED) is 0.167. The SMILES string of the molecule is c1ccc(-c2ccc(N(c3ccc4ccc(-n5c6ccccc6c6c7ccccc7ccc65)cc4c3)c3cc(-c4ccccc4)c4ccccc4c3)cc2)cc1. The molecule has 262 valence electrons. The van der Waals surface area contributed by atoms with E-state index in [1.54, 1.807) is 0 Å². The first-order valence-electron chi connectivity index (χ1n) is 19.3. The number of hydrogen-bond acceptors (Lipinski definition) is 1. The fourth-order valence-electron chi connectivity index (χ4n) is 8.68. The standard InChI is InChI=1S/C54H36N2/c1-3-13-37(14-4-1)38-23-28-44(29-24-38)55(47-33-42-18-8-9-19-48(42)51(36-47)40-15-5-2-6-16-40)45-30-25-39-26-31-46(35-43(39)34-45)56-52-22-12-11-21-50(52)54-49-20-10-7-17-41(49)27-32-53(54)56/h1-36H. The maximum atomic E-state index is 2.43. The molecule has 0 aliphatic rings. The zero-order valence-electron chi connectivity index (χ0n) is 30.7. The molecule has 0 spiro atoms. The average molecular weight is 713 g/mol. The van der Waals surface area contributed by atoms with Crippen molar-refractivity contribution in [3.63, 3.8) is 0 Å². The molecule has 0 unspecified atom stereocenters. The summed E-state index contributed by atoms with van der Waals surface area (Å²) in [5.74, 6) is 0. The zero-order valence-corrected chi connectivity index (χ0v) is 30.7. The molecule has 56 heavy (non-hydrogen) atoms. The van der Waals surface area contributed by atoms with Gasteiger partial charge in [0.2, 0.25) is 0 Å². The highest BCUT2D eigenvalue weighted by molar-refractivity contribution is 6.21. The van der Waals surface area contributed by atoms with Crippen LogP contribution in [0.3, 0.4) is 0 Å². The van der Waals surface area contributed by atoms with Crippen LogP contribution in [-0.2, 0) is 0 Å².